The van der Waals surface area contributed by atoms with Crippen LogP contribution in [0.2, 0.25) is 0 Å². The summed E-state index contributed by atoms with van der Waals surface area (Å²) in [5.41, 5.74) is 3.26. The molecule has 8 rings (SSSR count). The molecule has 0 bridgehead atoms. The summed E-state index contributed by atoms with van der Waals surface area (Å²) in [6.45, 7) is 2.16. The monoisotopic (exact) mass is 684 g/mol. The molecule has 0 radical (unpaired) electrons. The third-order valence-electron chi connectivity index (χ3n) is 10.6. The minimum absolute atomic E-state index is 0.0755. The third-order valence-corrected chi connectivity index (χ3v) is 10.6. The highest BCUT2D eigenvalue weighted by Crippen LogP contribution is 2.41. The lowest BCUT2D eigenvalue weighted by atomic mass is 9.87. The normalized spacial score (nSPS) is 35.7. The van der Waals surface area contributed by atoms with Gasteiger partial charge in [-0.1, -0.05) is 84.9 Å². The van der Waals surface area contributed by atoms with Crippen LogP contribution in [-0.4, -0.2) is 81.4 Å². The van der Waals surface area contributed by atoms with Gasteiger partial charge in [-0.25, -0.2) is 0 Å². The van der Waals surface area contributed by atoms with E-state index < -0.39 is 6.29 Å². The molecule has 0 saturated carbocycles. The second-order valence-electron chi connectivity index (χ2n) is 13.9. The zero-order valence-electron chi connectivity index (χ0n) is 28.6. The molecule has 9 nitrogen and oxygen atoms in total. The molecule has 266 valence electrons. The van der Waals surface area contributed by atoms with Crippen LogP contribution in [0.3, 0.4) is 0 Å². The van der Waals surface area contributed by atoms with E-state index in [0.717, 1.165) is 54.5 Å². The van der Waals surface area contributed by atoms with Crippen molar-refractivity contribution in [1.82, 2.24) is 0 Å². The van der Waals surface area contributed by atoms with Crippen molar-refractivity contribution in [1.29, 1.82) is 0 Å². The summed E-state index contributed by atoms with van der Waals surface area (Å²) in [7, 11) is 1.66. The Labute approximate surface area is 294 Å². The second kappa shape index (κ2) is 16.0. The minimum atomic E-state index is -0.455. The van der Waals surface area contributed by atoms with Crippen LogP contribution >= 0.6 is 0 Å². The van der Waals surface area contributed by atoms with E-state index in [0.29, 0.717) is 26.4 Å². The number of fused-ring (bicyclic) bond motifs is 4. The molecule has 3 aromatic carbocycles. The lowest BCUT2D eigenvalue weighted by Gasteiger charge is -2.50. The quantitative estimate of drug-likeness (QED) is 0.176. The lowest BCUT2D eigenvalue weighted by molar-refractivity contribution is -0.316. The van der Waals surface area contributed by atoms with Gasteiger partial charge < -0.3 is 42.6 Å². The first kappa shape index (κ1) is 34.0. The fourth-order valence-corrected chi connectivity index (χ4v) is 7.87. The predicted molar refractivity (Wildman–Crippen MR) is 185 cm³/mol. The van der Waals surface area contributed by atoms with Crippen LogP contribution in [0, 0.1) is 0 Å². The molecule has 5 aliphatic heterocycles. The number of methoxy groups -OCH3 is 1. The molecule has 0 unspecified atom stereocenters. The maximum atomic E-state index is 6.91. The van der Waals surface area contributed by atoms with Gasteiger partial charge in [-0.2, -0.15) is 0 Å². The molecule has 0 spiro atoms. The molecule has 0 amide bonds. The Morgan fingerprint density at radius 3 is 2.10 bits per heavy atom. The Kier molecular flexibility index (Phi) is 10.9. The number of hydrogen-bond acceptors (Lipinski definition) is 9. The van der Waals surface area contributed by atoms with E-state index >= 15 is 0 Å². The van der Waals surface area contributed by atoms with Crippen molar-refractivity contribution in [3.8, 4) is 5.75 Å². The molecule has 11 atom stereocenters. The van der Waals surface area contributed by atoms with E-state index in [-0.39, 0.29) is 61.0 Å². The Bertz CT molecular complexity index is 1520. The molecule has 5 heterocycles. The molecule has 0 aliphatic carbocycles. The minimum Gasteiger partial charge on any atom is -0.497 e. The van der Waals surface area contributed by atoms with Gasteiger partial charge in [-0.15, -0.1) is 0 Å². The Morgan fingerprint density at radius 1 is 0.640 bits per heavy atom. The molecule has 4 fully saturated rings. The van der Waals surface area contributed by atoms with Gasteiger partial charge in [0, 0.05) is 31.4 Å². The Hall–Kier alpha value is -3.12. The van der Waals surface area contributed by atoms with E-state index in [4.69, 9.17) is 42.6 Å². The van der Waals surface area contributed by atoms with Crippen molar-refractivity contribution in [3.63, 3.8) is 0 Å². The van der Waals surface area contributed by atoms with E-state index in [1.807, 2.05) is 60.7 Å². The fourth-order valence-electron chi connectivity index (χ4n) is 7.87. The van der Waals surface area contributed by atoms with Crippen LogP contribution in [0.15, 0.2) is 97.1 Å². The van der Waals surface area contributed by atoms with Crippen molar-refractivity contribution in [2.45, 2.75) is 113 Å². The molecular weight excluding hydrogens is 636 g/mol. The van der Waals surface area contributed by atoms with Crippen molar-refractivity contribution < 1.29 is 42.6 Å². The first-order valence-corrected chi connectivity index (χ1v) is 18.1. The van der Waals surface area contributed by atoms with Crippen molar-refractivity contribution >= 4 is 0 Å². The molecule has 0 aromatic heterocycles. The van der Waals surface area contributed by atoms with Crippen LogP contribution in [0.4, 0.5) is 0 Å². The van der Waals surface area contributed by atoms with Crippen LogP contribution < -0.4 is 4.74 Å². The van der Waals surface area contributed by atoms with Gasteiger partial charge >= 0.3 is 0 Å². The first-order valence-electron chi connectivity index (χ1n) is 18.1. The highest BCUT2D eigenvalue weighted by Gasteiger charge is 2.49. The van der Waals surface area contributed by atoms with E-state index in [1.165, 1.54) is 0 Å². The summed E-state index contributed by atoms with van der Waals surface area (Å²) in [6, 6.07) is 28.4. The Balaban J connectivity index is 0.917. The molecule has 9 heteroatoms. The van der Waals surface area contributed by atoms with Gasteiger partial charge in [-0.05, 0) is 36.1 Å². The Morgan fingerprint density at radius 2 is 1.32 bits per heavy atom. The van der Waals surface area contributed by atoms with Crippen molar-refractivity contribution in [2.75, 3.05) is 20.3 Å². The smallest absolute Gasteiger partial charge is 0.184 e. The number of rotatable bonds is 10. The molecule has 3 aromatic rings. The SMILES string of the molecule is COc1ccc([C@@H]2OC[C@H]3O[C@H]4C/C=C\[C@H]5O[C@H]6C[C@@H](OCc7ccccc7)[C@H](CCOCc7ccccc7)O[C@@H]6C[C@@H]5O[C@@H]4C[C@@H]3O2)cc1. The first-order chi connectivity index (χ1) is 24.7. The van der Waals surface area contributed by atoms with E-state index in [2.05, 4.69) is 36.4 Å². The summed E-state index contributed by atoms with van der Waals surface area (Å²) >= 11 is 0. The fraction of sp³-hybridized carbons (Fsp3) is 0.512. The van der Waals surface area contributed by atoms with Crippen molar-refractivity contribution in [2.24, 2.45) is 0 Å². The molecule has 5 aliphatic rings. The van der Waals surface area contributed by atoms with Gasteiger partial charge in [-0.3, -0.25) is 0 Å². The zero-order valence-corrected chi connectivity index (χ0v) is 28.6. The van der Waals surface area contributed by atoms with Gasteiger partial charge in [0.15, 0.2) is 6.29 Å². The summed E-state index contributed by atoms with van der Waals surface area (Å²) in [5, 5.41) is 0. The van der Waals surface area contributed by atoms with Gasteiger partial charge in [0.1, 0.15) is 18.0 Å². The number of ether oxygens (including phenoxy) is 9. The van der Waals surface area contributed by atoms with Crippen LogP contribution in [0.25, 0.3) is 0 Å². The largest absolute Gasteiger partial charge is 0.497 e. The topological polar surface area (TPSA) is 83.1 Å². The van der Waals surface area contributed by atoms with Crippen LogP contribution in [0.5, 0.6) is 5.75 Å². The zero-order chi connectivity index (χ0) is 33.7. The van der Waals surface area contributed by atoms with E-state index in [1.54, 1.807) is 7.11 Å². The molecule has 0 N–H and O–H groups in total. The molecule has 50 heavy (non-hydrogen) atoms. The summed E-state index contributed by atoms with van der Waals surface area (Å²) in [4.78, 5) is 0. The average molecular weight is 685 g/mol. The summed E-state index contributed by atoms with van der Waals surface area (Å²) in [5.74, 6) is 0.800. The van der Waals surface area contributed by atoms with Crippen molar-refractivity contribution in [3.05, 3.63) is 114 Å². The maximum absolute atomic E-state index is 6.91. The summed E-state index contributed by atoms with van der Waals surface area (Å²) in [6.07, 6.45) is 6.41. The predicted octanol–water partition coefficient (Wildman–Crippen LogP) is 6.49. The third kappa shape index (κ3) is 8.01. The van der Waals surface area contributed by atoms with Gasteiger partial charge in [0.25, 0.3) is 0 Å². The molecule has 4 saturated heterocycles. The number of benzene rings is 3. The maximum Gasteiger partial charge on any atom is 0.184 e. The van der Waals surface area contributed by atoms with Crippen LogP contribution in [0.1, 0.15) is 55.1 Å². The van der Waals surface area contributed by atoms with Crippen LogP contribution in [-0.2, 0) is 51.1 Å². The standard InChI is InChI=1S/C41H48O9/c1-42-30-17-15-29(16-18-30)41-45-26-40-39(50-41)23-36-32(48-40)14-8-13-31-35(49-36)22-38-37(46-31)21-34(44-25-28-11-6-3-7-12-28)33(47-38)19-20-43-24-27-9-4-2-5-10-27/h2-13,15-18,31-41H,14,19-26H2,1H3/b13-8-/t31-,32+,33+,34-,35+,36-,37+,38-,39+,40-,41-/m1/s1. The second-order valence-corrected chi connectivity index (χ2v) is 13.9. The average Bonchev–Trinajstić information content (AvgIpc) is 3.16. The van der Waals surface area contributed by atoms with Gasteiger partial charge in [0.2, 0.25) is 0 Å². The number of hydrogen-bond donors (Lipinski definition) is 0. The summed E-state index contributed by atoms with van der Waals surface area (Å²) < 4.78 is 57.6. The lowest BCUT2D eigenvalue weighted by Crippen LogP contribution is -2.59. The highest BCUT2D eigenvalue weighted by atomic mass is 16.7. The van der Waals surface area contributed by atoms with E-state index in [9.17, 15) is 0 Å². The van der Waals surface area contributed by atoms with Gasteiger partial charge in [0.05, 0.1) is 75.8 Å². The highest BCUT2D eigenvalue weighted by molar-refractivity contribution is 5.28. The molecular formula is C41H48O9.